The van der Waals surface area contributed by atoms with Crippen molar-refractivity contribution in [1.29, 1.82) is 0 Å². The molecule has 1 aliphatic rings. The van der Waals surface area contributed by atoms with Crippen molar-refractivity contribution in [2.45, 2.75) is 39.4 Å². The largest absolute Gasteiger partial charge is 0.496 e. The normalized spacial score (nSPS) is 15.0. The molecule has 0 radical (unpaired) electrons. The molecule has 0 saturated heterocycles. The second-order valence-corrected chi connectivity index (χ2v) is 7.91. The molecular formula is C20H23NO5S. The Morgan fingerprint density at radius 2 is 2.04 bits per heavy atom. The van der Waals surface area contributed by atoms with Crippen molar-refractivity contribution >= 4 is 28.2 Å². The molecule has 144 valence electrons. The van der Waals surface area contributed by atoms with Crippen LogP contribution in [0.4, 0.5) is 5.00 Å². The van der Waals surface area contributed by atoms with Crippen LogP contribution in [0.3, 0.4) is 0 Å². The van der Waals surface area contributed by atoms with Crippen molar-refractivity contribution in [1.82, 2.24) is 0 Å². The third-order valence-electron chi connectivity index (χ3n) is 4.35. The fraction of sp³-hybridized carbons (Fsp3) is 0.400. The van der Waals surface area contributed by atoms with Crippen LogP contribution in [0.2, 0.25) is 0 Å². The standard InChI is InChI=1S/C20H23NO5S/c1-5-25-19(23)16-13-10-20(2,3)26-11-15(13)27-18(16)21-17(22)12-8-6-7-9-14(12)24-4/h6-9H,5,10-11H2,1-4H3,(H,21,22). The van der Waals surface area contributed by atoms with Gasteiger partial charge < -0.3 is 19.5 Å². The predicted molar refractivity (Wildman–Crippen MR) is 104 cm³/mol. The zero-order valence-electron chi connectivity index (χ0n) is 15.9. The van der Waals surface area contributed by atoms with E-state index in [1.54, 1.807) is 31.2 Å². The average molecular weight is 389 g/mol. The van der Waals surface area contributed by atoms with Crippen molar-refractivity contribution in [2.75, 3.05) is 19.0 Å². The minimum absolute atomic E-state index is 0.267. The molecule has 2 heterocycles. The van der Waals surface area contributed by atoms with E-state index in [-0.39, 0.29) is 18.1 Å². The van der Waals surface area contributed by atoms with Crippen molar-refractivity contribution in [3.8, 4) is 5.75 Å². The summed E-state index contributed by atoms with van der Waals surface area (Å²) in [7, 11) is 1.51. The molecule has 1 aromatic heterocycles. The number of carbonyl (C=O) groups excluding carboxylic acids is 2. The van der Waals surface area contributed by atoms with Gasteiger partial charge in [-0.2, -0.15) is 0 Å². The maximum atomic E-state index is 12.8. The first-order valence-electron chi connectivity index (χ1n) is 8.76. The summed E-state index contributed by atoms with van der Waals surface area (Å²) in [5.41, 5.74) is 1.35. The molecular weight excluding hydrogens is 366 g/mol. The van der Waals surface area contributed by atoms with E-state index in [0.29, 0.717) is 34.9 Å². The molecule has 1 aliphatic heterocycles. The zero-order chi connectivity index (χ0) is 19.6. The lowest BCUT2D eigenvalue weighted by Crippen LogP contribution is -2.32. The van der Waals surface area contributed by atoms with Gasteiger partial charge in [0.15, 0.2) is 0 Å². The molecule has 1 amide bonds. The Hall–Kier alpha value is -2.38. The molecule has 0 aliphatic carbocycles. The molecule has 0 bridgehead atoms. The van der Waals surface area contributed by atoms with E-state index < -0.39 is 5.97 Å². The number of rotatable bonds is 5. The maximum absolute atomic E-state index is 12.8. The number of methoxy groups -OCH3 is 1. The summed E-state index contributed by atoms with van der Waals surface area (Å²) in [6.07, 6.45) is 0.581. The Bertz CT molecular complexity index is 871. The van der Waals surface area contributed by atoms with E-state index in [1.165, 1.54) is 18.4 Å². The highest BCUT2D eigenvalue weighted by atomic mass is 32.1. The summed E-state index contributed by atoms with van der Waals surface area (Å²) < 4.78 is 16.4. The topological polar surface area (TPSA) is 73.9 Å². The number of hydrogen-bond acceptors (Lipinski definition) is 6. The molecule has 6 nitrogen and oxygen atoms in total. The molecule has 1 N–H and O–H groups in total. The van der Waals surface area contributed by atoms with E-state index in [9.17, 15) is 9.59 Å². The number of para-hydroxylation sites is 1. The highest BCUT2D eigenvalue weighted by Crippen LogP contribution is 2.41. The van der Waals surface area contributed by atoms with Gasteiger partial charge in [-0.3, -0.25) is 4.79 Å². The Morgan fingerprint density at radius 1 is 1.30 bits per heavy atom. The lowest BCUT2D eigenvalue weighted by atomic mass is 9.93. The summed E-state index contributed by atoms with van der Waals surface area (Å²) in [6.45, 7) is 6.40. The van der Waals surface area contributed by atoms with Gasteiger partial charge in [0, 0.05) is 11.3 Å². The number of nitrogens with one attached hydrogen (secondary N) is 1. The van der Waals surface area contributed by atoms with Crippen LogP contribution >= 0.6 is 11.3 Å². The summed E-state index contributed by atoms with van der Waals surface area (Å²) in [4.78, 5) is 26.4. The summed E-state index contributed by atoms with van der Waals surface area (Å²) in [5.74, 6) is -0.293. The van der Waals surface area contributed by atoms with Crippen molar-refractivity contribution in [3.05, 3.63) is 45.8 Å². The number of anilines is 1. The number of amides is 1. The van der Waals surface area contributed by atoms with Crippen LogP contribution in [0.1, 0.15) is 51.9 Å². The average Bonchev–Trinajstić information content (AvgIpc) is 2.97. The maximum Gasteiger partial charge on any atom is 0.341 e. The first-order chi connectivity index (χ1) is 12.9. The highest BCUT2D eigenvalue weighted by Gasteiger charge is 2.34. The minimum Gasteiger partial charge on any atom is -0.496 e. The molecule has 0 atom stereocenters. The van der Waals surface area contributed by atoms with Crippen LogP contribution in [0.25, 0.3) is 0 Å². The van der Waals surface area contributed by atoms with Crippen LogP contribution in [-0.4, -0.2) is 31.2 Å². The Kier molecular flexibility index (Phi) is 5.53. The smallest absolute Gasteiger partial charge is 0.341 e. The van der Waals surface area contributed by atoms with Gasteiger partial charge in [-0.1, -0.05) is 12.1 Å². The lowest BCUT2D eigenvalue weighted by Gasteiger charge is -2.30. The number of fused-ring (bicyclic) bond motifs is 1. The molecule has 1 aromatic carbocycles. The van der Waals surface area contributed by atoms with Crippen LogP contribution in [0, 0.1) is 0 Å². The third kappa shape index (κ3) is 3.99. The van der Waals surface area contributed by atoms with Gasteiger partial charge in [-0.05, 0) is 38.5 Å². The molecule has 3 rings (SSSR count). The number of hydrogen-bond donors (Lipinski definition) is 1. The van der Waals surface area contributed by atoms with Crippen LogP contribution in [-0.2, 0) is 22.5 Å². The fourth-order valence-corrected chi connectivity index (χ4v) is 4.18. The van der Waals surface area contributed by atoms with Gasteiger partial charge in [0.1, 0.15) is 10.8 Å². The number of ether oxygens (including phenoxy) is 3. The zero-order valence-corrected chi connectivity index (χ0v) is 16.7. The summed E-state index contributed by atoms with van der Waals surface area (Å²) in [6, 6.07) is 6.96. The molecule has 0 fully saturated rings. The second kappa shape index (κ2) is 7.70. The van der Waals surface area contributed by atoms with E-state index in [4.69, 9.17) is 14.2 Å². The quantitative estimate of drug-likeness (QED) is 0.782. The van der Waals surface area contributed by atoms with E-state index in [2.05, 4.69) is 5.32 Å². The monoisotopic (exact) mass is 389 g/mol. The first kappa shape index (κ1) is 19.4. The molecule has 7 heteroatoms. The number of thiophene rings is 1. The third-order valence-corrected chi connectivity index (χ3v) is 5.47. The van der Waals surface area contributed by atoms with Gasteiger partial charge >= 0.3 is 5.97 Å². The van der Waals surface area contributed by atoms with Crippen molar-refractivity contribution in [2.24, 2.45) is 0 Å². The Labute approximate surface area is 162 Å². The fourth-order valence-electron chi connectivity index (χ4n) is 3.06. The van der Waals surface area contributed by atoms with Gasteiger partial charge in [-0.25, -0.2) is 4.79 Å². The Balaban J connectivity index is 1.99. The van der Waals surface area contributed by atoms with Gasteiger partial charge in [0.25, 0.3) is 5.91 Å². The summed E-state index contributed by atoms with van der Waals surface area (Å²) >= 11 is 1.35. The first-order valence-corrected chi connectivity index (χ1v) is 9.58. The molecule has 0 saturated carbocycles. The number of benzene rings is 1. The minimum atomic E-state index is -0.428. The highest BCUT2D eigenvalue weighted by molar-refractivity contribution is 7.17. The van der Waals surface area contributed by atoms with E-state index in [0.717, 1.165) is 10.4 Å². The molecule has 2 aromatic rings. The van der Waals surface area contributed by atoms with Crippen molar-refractivity contribution < 1.29 is 23.8 Å². The van der Waals surface area contributed by atoms with E-state index >= 15 is 0 Å². The van der Waals surface area contributed by atoms with E-state index in [1.807, 2.05) is 13.8 Å². The summed E-state index contributed by atoms with van der Waals surface area (Å²) in [5, 5.41) is 3.35. The predicted octanol–water partition coefficient (Wildman–Crippen LogP) is 4.04. The Morgan fingerprint density at radius 3 is 2.74 bits per heavy atom. The van der Waals surface area contributed by atoms with Crippen molar-refractivity contribution in [3.63, 3.8) is 0 Å². The SMILES string of the molecule is CCOC(=O)c1c(NC(=O)c2ccccc2OC)sc2c1CC(C)(C)OC2. The molecule has 0 spiro atoms. The van der Waals surface area contributed by atoms with Crippen LogP contribution in [0.5, 0.6) is 5.75 Å². The molecule has 0 unspecified atom stereocenters. The second-order valence-electron chi connectivity index (χ2n) is 6.81. The number of esters is 1. The van der Waals surface area contributed by atoms with Gasteiger partial charge in [0.05, 0.1) is 37.1 Å². The lowest BCUT2D eigenvalue weighted by molar-refractivity contribution is -0.0384. The van der Waals surface area contributed by atoms with Gasteiger partial charge in [-0.15, -0.1) is 11.3 Å². The molecule has 27 heavy (non-hydrogen) atoms. The van der Waals surface area contributed by atoms with Crippen LogP contribution < -0.4 is 10.1 Å². The van der Waals surface area contributed by atoms with Gasteiger partial charge in [0.2, 0.25) is 0 Å². The van der Waals surface area contributed by atoms with Crippen LogP contribution in [0.15, 0.2) is 24.3 Å². The number of carbonyl (C=O) groups is 2.